The molecule has 0 bridgehead atoms. The van der Waals surface area contributed by atoms with Crippen molar-refractivity contribution >= 4 is 39.0 Å². The molecule has 0 unspecified atom stereocenters. The SMILES string of the molecule is Cc1nn(-c2ccccc2)c(Nc2ccc(Cl)cc2)c1Br. The van der Waals surface area contributed by atoms with Gasteiger partial charge in [0.25, 0.3) is 0 Å². The van der Waals surface area contributed by atoms with E-state index in [1.807, 2.05) is 66.2 Å². The lowest BCUT2D eigenvalue weighted by atomic mass is 10.3. The zero-order valence-corrected chi connectivity index (χ0v) is 13.7. The fourth-order valence-corrected chi connectivity index (χ4v) is 2.51. The normalized spacial score (nSPS) is 10.6. The Kier molecular flexibility index (Phi) is 3.99. The number of nitrogens with one attached hydrogen (secondary N) is 1. The maximum Gasteiger partial charge on any atom is 0.148 e. The summed E-state index contributed by atoms with van der Waals surface area (Å²) >= 11 is 9.52. The lowest BCUT2D eigenvalue weighted by Gasteiger charge is -2.10. The first-order valence-electron chi connectivity index (χ1n) is 6.48. The number of hydrogen-bond donors (Lipinski definition) is 1. The van der Waals surface area contributed by atoms with Gasteiger partial charge in [-0.15, -0.1) is 0 Å². The van der Waals surface area contributed by atoms with Gasteiger partial charge in [-0.1, -0.05) is 29.8 Å². The molecule has 0 saturated carbocycles. The van der Waals surface area contributed by atoms with Gasteiger partial charge in [-0.3, -0.25) is 0 Å². The first-order chi connectivity index (χ1) is 10.1. The molecule has 21 heavy (non-hydrogen) atoms. The predicted octanol–water partition coefficient (Wildman–Crippen LogP) is 5.34. The molecular weight excluding hydrogens is 350 g/mol. The Morgan fingerprint density at radius 2 is 1.71 bits per heavy atom. The monoisotopic (exact) mass is 361 g/mol. The van der Waals surface area contributed by atoms with E-state index in [9.17, 15) is 0 Å². The third-order valence-corrected chi connectivity index (χ3v) is 4.30. The first kappa shape index (κ1) is 14.2. The highest BCUT2D eigenvalue weighted by atomic mass is 79.9. The second-order valence-corrected chi connectivity index (χ2v) is 5.86. The summed E-state index contributed by atoms with van der Waals surface area (Å²) in [6.07, 6.45) is 0. The van der Waals surface area contributed by atoms with Gasteiger partial charge in [0.05, 0.1) is 15.9 Å². The van der Waals surface area contributed by atoms with Crippen molar-refractivity contribution in [2.75, 3.05) is 5.32 Å². The largest absolute Gasteiger partial charge is 0.339 e. The van der Waals surface area contributed by atoms with Crippen molar-refractivity contribution in [3.05, 3.63) is 69.8 Å². The van der Waals surface area contributed by atoms with Crippen LogP contribution in [0, 0.1) is 6.92 Å². The van der Waals surface area contributed by atoms with Crippen LogP contribution in [-0.2, 0) is 0 Å². The molecule has 0 aliphatic carbocycles. The van der Waals surface area contributed by atoms with E-state index < -0.39 is 0 Å². The van der Waals surface area contributed by atoms with Crippen LogP contribution in [0.25, 0.3) is 5.69 Å². The number of para-hydroxylation sites is 1. The van der Waals surface area contributed by atoms with Crippen molar-refractivity contribution in [1.29, 1.82) is 0 Å². The highest BCUT2D eigenvalue weighted by Crippen LogP contribution is 2.31. The van der Waals surface area contributed by atoms with E-state index in [-0.39, 0.29) is 0 Å². The molecular formula is C16H13BrClN3. The summed E-state index contributed by atoms with van der Waals surface area (Å²) < 4.78 is 2.83. The number of nitrogens with zero attached hydrogens (tertiary/aromatic N) is 2. The third kappa shape index (κ3) is 2.96. The fraction of sp³-hybridized carbons (Fsp3) is 0.0625. The third-order valence-electron chi connectivity index (χ3n) is 3.10. The Balaban J connectivity index is 2.03. The van der Waals surface area contributed by atoms with E-state index in [4.69, 9.17) is 11.6 Å². The molecule has 1 aromatic heterocycles. The van der Waals surface area contributed by atoms with Gasteiger partial charge in [0.15, 0.2) is 0 Å². The van der Waals surface area contributed by atoms with Gasteiger partial charge in [0.1, 0.15) is 5.82 Å². The number of anilines is 2. The quantitative estimate of drug-likeness (QED) is 0.681. The van der Waals surface area contributed by atoms with Gasteiger partial charge in [0, 0.05) is 10.7 Å². The van der Waals surface area contributed by atoms with Crippen LogP contribution < -0.4 is 5.32 Å². The van der Waals surface area contributed by atoms with Crippen LogP contribution in [-0.4, -0.2) is 9.78 Å². The van der Waals surface area contributed by atoms with Gasteiger partial charge in [-0.25, -0.2) is 4.68 Å². The maximum absolute atomic E-state index is 5.92. The van der Waals surface area contributed by atoms with Crippen molar-refractivity contribution in [2.24, 2.45) is 0 Å². The lowest BCUT2D eigenvalue weighted by molar-refractivity contribution is 0.869. The molecule has 0 aliphatic rings. The number of hydrogen-bond acceptors (Lipinski definition) is 2. The topological polar surface area (TPSA) is 29.9 Å². The van der Waals surface area contributed by atoms with Gasteiger partial charge < -0.3 is 5.32 Å². The Morgan fingerprint density at radius 1 is 1.05 bits per heavy atom. The zero-order valence-electron chi connectivity index (χ0n) is 11.3. The van der Waals surface area contributed by atoms with Crippen LogP contribution in [0.4, 0.5) is 11.5 Å². The first-order valence-corrected chi connectivity index (χ1v) is 7.65. The van der Waals surface area contributed by atoms with E-state index >= 15 is 0 Å². The Morgan fingerprint density at radius 3 is 2.38 bits per heavy atom. The number of aryl methyl sites for hydroxylation is 1. The average molecular weight is 363 g/mol. The number of benzene rings is 2. The van der Waals surface area contributed by atoms with Crippen molar-refractivity contribution in [3.63, 3.8) is 0 Å². The molecule has 0 atom stereocenters. The van der Waals surface area contributed by atoms with Gasteiger partial charge in [-0.2, -0.15) is 5.10 Å². The van der Waals surface area contributed by atoms with E-state index in [1.165, 1.54) is 0 Å². The molecule has 0 spiro atoms. The van der Waals surface area contributed by atoms with Crippen molar-refractivity contribution in [1.82, 2.24) is 9.78 Å². The molecule has 3 aromatic rings. The molecule has 5 heteroatoms. The molecule has 2 aromatic carbocycles. The molecule has 3 nitrogen and oxygen atoms in total. The molecule has 1 heterocycles. The van der Waals surface area contributed by atoms with Crippen LogP contribution in [0.5, 0.6) is 0 Å². The van der Waals surface area contributed by atoms with Crippen LogP contribution in [0.15, 0.2) is 59.1 Å². The van der Waals surface area contributed by atoms with E-state index in [2.05, 4.69) is 26.3 Å². The minimum atomic E-state index is 0.715. The smallest absolute Gasteiger partial charge is 0.148 e. The molecule has 3 rings (SSSR count). The number of aromatic nitrogens is 2. The molecule has 0 fully saturated rings. The summed E-state index contributed by atoms with van der Waals surface area (Å²) in [6.45, 7) is 1.97. The van der Waals surface area contributed by atoms with Crippen molar-refractivity contribution in [3.8, 4) is 5.69 Å². The van der Waals surface area contributed by atoms with E-state index in [0.29, 0.717) is 5.02 Å². The highest BCUT2D eigenvalue weighted by molar-refractivity contribution is 9.10. The summed E-state index contributed by atoms with van der Waals surface area (Å²) in [5, 5.41) is 8.67. The zero-order chi connectivity index (χ0) is 14.8. The molecule has 1 N–H and O–H groups in total. The molecule has 0 radical (unpaired) electrons. The van der Waals surface area contributed by atoms with Crippen molar-refractivity contribution < 1.29 is 0 Å². The highest BCUT2D eigenvalue weighted by Gasteiger charge is 2.14. The van der Waals surface area contributed by atoms with Gasteiger partial charge >= 0.3 is 0 Å². The molecule has 0 amide bonds. The van der Waals surface area contributed by atoms with Crippen molar-refractivity contribution in [2.45, 2.75) is 6.92 Å². The number of rotatable bonds is 3. The minimum Gasteiger partial charge on any atom is -0.339 e. The Labute approximate surface area is 136 Å². The molecule has 106 valence electrons. The van der Waals surface area contributed by atoms with Crippen LogP contribution in [0.3, 0.4) is 0 Å². The second kappa shape index (κ2) is 5.92. The summed E-state index contributed by atoms with van der Waals surface area (Å²) in [4.78, 5) is 0. The summed E-state index contributed by atoms with van der Waals surface area (Å²) in [5.74, 6) is 0.890. The van der Waals surface area contributed by atoms with Crippen LogP contribution in [0.1, 0.15) is 5.69 Å². The maximum atomic E-state index is 5.92. The molecule has 0 saturated heterocycles. The number of halogens is 2. The van der Waals surface area contributed by atoms with Gasteiger partial charge in [-0.05, 0) is 59.3 Å². The minimum absolute atomic E-state index is 0.715. The fourth-order valence-electron chi connectivity index (χ4n) is 2.04. The van der Waals surface area contributed by atoms with E-state index in [1.54, 1.807) is 0 Å². The average Bonchev–Trinajstić information content (AvgIpc) is 2.79. The standard InChI is InChI=1S/C16H13BrClN3/c1-11-15(17)16(19-13-9-7-12(18)8-10-13)21(20-11)14-5-3-2-4-6-14/h2-10,19H,1H3. The summed E-state index contributed by atoms with van der Waals surface area (Å²) in [5.41, 5.74) is 2.88. The summed E-state index contributed by atoms with van der Waals surface area (Å²) in [7, 11) is 0. The second-order valence-electron chi connectivity index (χ2n) is 4.63. The predicted molar refractivity (Wildman–Crippen MR) is 90.7 cm³/mol. The summed E-state index contributed by atoms with van der Waals surface area (Å²) in [6, 6.07) is 17.6. The van der Waals surface area contributed by atoms with Crippen LogP contribution >= 0.6 is 27.5 Å². The Hall–Kier alpha value is -1.78. The Bertz CT molecular complexity index is 751. The van der Waals surface area contributed by atoms with Gasteiger partial charge in [0.2, 0.25) is 0 Å². The lowest BCUT2D eigenvalue weighted by Crippen LogP contribution is -2.02. The van der Waals surface area contributed by atoms with E-state index in [0.717, 1.165) is 27.4 Å². The van der Waals surface area contributed by atoms with Crippen LogP contribution in [0.2, 0.25) is 5.02 Å². The molecule has 0 aliphatic heterocycles.